The van der Waals surface area contributed by atoms with Gasteiger partial charge in [-0.3, -0.25) is 5.10 Å². The second-order valence-corrected chi connectivity index (χ2v) is 2.32. The number of aromatic nitrogens is 3. The van der Waals surface area contributed by atoms with Crippen molar-refractivity contribution >= 4 is 11.0 Å². The molecule has 2 rings (SSSR count). The smallest absolute Gasteiger partial charge is 0.155 e. The Labute approximate surface area is 59.6 Å². The van der Waals surface area contributed by atoms with Gasteiger partial charge in [0.25, 0.3) is 0 Å². The van der Waals surface area contributed by atoms with E-state index in [9.17, 15) is 0 Å². The van der Waals surface area contributed by atoms with Crippen molar-refractivity contribution in [1.29, 1.82) is 0 Å². The number of hydrogen-bond acceptors (Lipinski definition) is 2. The molecule has 0 atom stereocenters. The van der Waals surface area contributed by atoms with Crippen LogP contribution in [-0.4, -0.2) is 15.2 Å². The number of aromatic amines is 1. The van der Waals surface area contributed by atoms with E-state index in [-0.39, 0.29) is 1.43 Å². The molecule has 0 aliphatic rings. The molecule has 2 aromatic rings. The van der Waals surface area contributed by atoms with Crippen LogP contribution >= 0.6 is 0 Å². The third-order valence-electron chi connectivity index (χ3n) is 1.43. The molecular formula is C7H9N3. The van der Waals surface area contributed by atoms with Crippen molar-refractivity contribution in [3.05, 3.63) is 24.0 Å². The summed E-state index contributed by atoms with van der Waals surface area (Å²) in [7, 11) is 0. The van der Waals surface area contributed by atoms with Crippen molar-refractivity contribution < 1.29 is 1.43 Å². The van der Waals surface area contributed by atoms with E-state index in [4.69, 9.17) is 0 Å². The predicted octanol–water partition coefficient (Wildman–Crippen LogP) is 1.51. The maximum Gasteiger partial charge on any atom is 0.155 e. The first kappa shape index (κ1) is 5.41. The Kier molecular flexibility index (Phi) is 0.974. The van der Waals surface area contributed by atoms with Crippen LogP contribution in [0, 0.1) is 6.92 Å². The molecule has 0 saturated carbocycles. The minimum absolute atomic E-state index is 0. The van der Waals surface area contributed by atoms with E-state index in [1.54, 1.807) is 6.20 Å². The molecule has 3 heteroatoms. The standard InChI is InChI=1S/C7H7N3.H2/c1-5-2-6-4-9-10-7(6)8-3-5;/h2-4H,1H3,(H,8,9,10);1H. The van der Waals surface area contributed by atoms with Crippen molar-refractivity contribution in [1.82, 2.24) is 15.2 Å². The molecule has 0 amide bonds. The fourth-order valence-corrected chi connectivity index (χ4v) is 0.947. The molecule has 3 nitrogen and oxygen atoms in total. The van der Waals surface area contributed by atoms with Crippen LogP contribution in [0.4, 0.5) is 0 Å². The van der Waals surface area contributed by atoms with Gasteiger partial charge in [-0.25, -0.2) is 4.98 Å². The molecule has 0 fully saturated rings. The van der Waals surface area contributed by atoms with Crippen LogP contribution in [0.1, 0.15) is 6.99 Å². The highest BCUT2D eigenvalue weighted by atomic mass is 15.1. The van der Waals surface area contributed by atoms with E-state index >= 15 is 0 Å². The summed E-state index contributed by atoms with van der Waals surface area (Å²) in [5.74, 6) is 0. The predicted molar refractivity (Wildman–Crippen MR) is 40.7 cm³/mol. The summed E-state index contributed by atoms with van der Waals surface area (Å²) >= 11 is 0. The third-order valence-corrected chi connectivity index (χ3v) is 1.43. The molecule has 0 unspecified atom stereocenters. The molecule has 0 saturated heterocycles. The van der Waals surface area contributed by atoms with Gasteiger partial charge in [0.1, 0.15) is 0 Å². The highest BCUT2D eigenvalue weighted by Gasteiger charge is 1.93. The molecule has 0 bridgehead atoms. The average Bonchev–Trinajstić information content (AvgIpc) is 2.33. The van der Waals surface area contributed by atoms with Gasteiger partial charge in [-0.2, -0.15) is 5.10 Å². The van der Waals surface area contributed by atoms with Crippen LogP contribution in [0.25, 0.3) is 11.0 Å². The van der Waals surface area contributed by atoms with Gasteiger partial charge >= 0.3 is 0 Å². The topological polar surface area (TPSA) is 41.6 Å². The molecule has 2 heterocycles. The van der Waals surface area contributed by atoms with Crippen LogP contribution in [-0.2, 0) is 0 Å². The maximum absolute atomic E-state index is 4.12. The quantitative estimate of drug-likeness (QED) is 0.595. The van der Waals surface area contributed by atoms with Crippen molar-refractivity contribution in [2.24, 2.45) is 0 Å². The largest absolute Gasteiger partial charge is 0.261 e. The first-order valence-electron chi connectivity index (χ1n) is 3.12. The van der Waals surface area contributed by atoms with Gasteiger partial charge in [-0.1, -0.05) is 0 Å². The zero-order chi connectivity index (χ0) is 6.97. The van der Waals surface area contributed by atoms with Crippen molar-refractivity contribution in [3.8, 4) is 0 Å². The number of pyridine rings is 1. The van der Waals surface area contributed by atoms with Gasteiger partial charge in [0, 0.05) is 13.0 Å². The van der Waals surface area contributed by atoms with Crippen LogP contribution < -0.4 is 0 Å². The van der Waals surface area contributed by atoms with E-state index < -0.39 is 0 Å². The van der Waals surface area contributed by atoms with E-state index in [2.05, 4.69) is 15.2 Å². The summed E-state index contributed by atoms with van der Waals surface area (Å²) in [6.45, 7) is 2.01. The zero-order valence-electron chi connectivity index (χ0n) is 5.63. The van der Waals surface area contributed by atoms with Crippen LogP contribution in [0.5, 0.6) is 0 Å². The lowest BCUT2D eigenvalue weighted by Gasteiger charge is -1.88. The summed E-state index contributed by atoms with van der Waals surface area (Å²) < 4.78 is 0. The summed E-state index contributed by atoms with van der Waals surface area (Å²) in [5.41, 5.74) is 2.01. The molecule has 0 spiro atoms. The molecule has 0 radical (unpaired) electrons. The third kappa shape index (κ3) is 0.673. The highest BCUT2D eigenvalue weighted by Crippen LogP contribution is 2.07. The number of H-pyrrole nitrogens is 1. The summed E-state index contributed by atoms with van der Waals surface area (Å²) in [4.78, 5) is 4.12. The molecule has 0 aliphatic carbocycles. The fourth-order valence-electron chi connectivity index (χ4n) is 0.947. The van der Waals surface area contributed by atoms with E-state index in [0.717, 1.165) is 16.6 Å². The van der Waals surface area contributed by atoms with Crippen molar-refractivity contribution in [2.75, 3.05) is 0 Å². The Balaban J connectivity index is 0.000000605. The molecule has 1 N–H and O–H groups in total. The number of aryl methyl sites for hydroxylation is 1. The first-order chi connectivity index (χ1) is 4.86. The number of hydrogen-bond donors (Lipinski definition) is 1. The SMILES string of the molecule is Cc1cnc2[nH]ncc2c1.[HH]. The minimum atomic E-state index is 0. The first-order valence-corrected chi connectivity index (χ1v) is 3.12. The molecule has 52 valence electrons. The van der Waals surface area contributed by atoms with E-state index in [1.807, 2.05) is 19.2 Å². The normalized spacial score (nSPS) is 10.5. The number of nitrogens with one attached hydrogen (secondary N) is 1. The zero-order valence-corrected chi connectivity index (χ0v) is 5.63. The highest BCUT2D eigenvalue weighted by molar-refractivity contribution is 5.73. The van der Waals surface area contributed by atoms with Gasteiger partial charge in [0.05, 0.1) is 6.20 Å². The second-order valence-electron chi connectivity index (χ2n) is 2.32. The number of rotatable bonds is 0. The Morgan fingerprint density at radius 2 is 2.40 bits per heavy atom. The summed E-state index contributed by atoms with van der Waals surface area (Å²) in [6.07, 6.45) is 3.59. The molecule has 10 heavy (non-hydrogen) atoms. The Hall–Kier alpha value is -1.38. The van der Waals surface area contributed by atoms with Crippen LogP contribution in [0.15, 0.2) is 18.5 Å². The van der Waals surface area contributed by atoms with Gasteiger partial charge in [0.15, 0.2) is 5.65 Å². The fraction of sp³-hybridized carbons (Fsp3) is 0.143. The lowest BCUT2D eigenvalue weighted by molar-refractivity contribution is 1.10. The minimum Gasteiger partial charge on any atom is -0.261 e. The Morgan fingerprint density at radius 1 is 1.50 bits per heavy atom. The summed E-state index contributed by atoms with van der Waals surface area (Å²) in [5, 5.41) is 7.71. The lowest BCUT2D eigenvalue weighted by Crippen LogP contribution is -1.77. The van der Waals surface area contributed by atoms with E-state index in [0.29, 0.717) is 0 Å². The van der Waals surface area contributed by atoms with Crippen molar-refractivity contribution in [3.63, 3.8) is 0 Å². The van der Waals surface area contributed by atoms with Crippen LogP contribution in [0.2, 0.25) is 0 Å². The Bertz CT molecular complexity index is 355. The molecular weight excluding hydrogens is 126 g/mol. The van der Waals surface area contributed by atoms with Gasteiger partial charge < -0.3 is 0 Å². The van der Waals surface area contributed by atoms with Crippen molar-refractivity contribution in [2.45, 2.75) is 6.92 Å². The molecule has 2 aromatic heterocycles. The summed E-state index contributed by atoms with van der Waals surface area (Å²) in [6, 6.07) is 2.05. The molecule has 0 aliphatic heterocycles. The number of fused-ring (bicyclic) bond motifs is 1. The molecule has 0 aromatic carbocycles. The lowest BCUT2D eigenvalue weighted by atomic mass is 10.3. The Morgan fingerprint density at radius 3 is 3.30 bits per heavy atom. The second kappa shape index (κ2) is 1.80. The average molecular weight is 135 g/mol. The van der Waals surface area contributed by atoms with E-state index in [1.165, 1.54) is 0 Å². The number of nitrogens with zero attached hydrogens (tertiary/aromatic N) is 2. The van der Waals surface area contributed by atoms with Gasteiger partial charge in [0.2, 0.25) is 0 Å². The maximum atomic E-state index is 4.12. The monoisotopic (exact) mass is 135 g/mol. The van der Waals surface area contributed by atoms with Crippen LogP contribution in [0.3, 0.4) is 0 Å². The van der Waals surface area contributed by atoms with Gasteiger partial charge in [-0.05, 0) is 18.6 Å². The van der Waals surface area contributed by atoms with Gasteiger partial charge in [-0.15, -0.1) is 0 Å².